The van der Waals surface area contributed by atoms with Gasteiger partial charge in [-0.2, -0.15) is 0 Å². The van der Waals surface area contributed by atoms with Gasteiger partial charge in [-0.3, -0.25) is 9.97 Å². The minimum absolute atomic E-state index is 0.201. The van der Waals surface area contributed by atoms with Crippen LogP contribution < -0.4 is 10.6 Å². The molecule has 0 aliphatic carbocycles. The number of carbonyl (C=O) groups is 1. The molecule has 0 bridgehead atoms. The topological polar surface area (TPSA) is 66.9 Å². The Morgan fingerprint density at radius 2 is 1.85 bits per heavy atom. The Morgan fingerprint density at radius 3 is 2.54 bits per heavy atom. The van der Waals surface area contributed by atoms with Gasteiger partial charge in [-0.15, -0.1) is 0 Å². The fourth-order valence-electron chi connectivity index (χ4n) is 2.67. The number of nitrogens with one attached hydrogen (secondary N) is 2. The third kappa shape index (κ3) is 5.14. The van der Waals surface area contributed by atoms with E-state index in [4.69, 9.17) is 0 Å². The second-order valence-electron chi connectivity index (χ2n) is 6.19. The minimum atomic E-state index is -0.225. The van der Waals surface area contributed by atoms with E-state index in [9.17, 15) is 4.79 Å². The zero-order chi connectivity index (χ0) is 18.2. The highest BCUT2D eigenvalue weighted by Crippen LogP contribution is 2.17. The fraction of sp³-hybridized carbons (Fsp3) is 0.190. The monoisotopic (exact) mass is 346 g/mol. The first-order valence-electron chi connectivity index (χ1n) is 8.60. The summed E-state index contributed by atoms with van der Waals surface area (Å²) in [7, 11) is 0. The molecule has 2 amide bonds. The predicted octanol–water partition coefficient (Wildman–Crippen LogP) is 3.57. The van der Waals surface area contributed by atoms with Gasteiger partial charge in [0.15, 0.2) is 0 Å². The summed E-state index contributed by atoms with van der Waals surface area (Å²) < 4.78 is 0. The van der Waals surface area contributed by atoms with Crippen LogP contribution in [0.5, 0.6) is 0 Å². The summed E-state index contributed by atoms with van der Waals surface area (Å²) in [5, 5.41) is 5.91. The van der Waals surface area contributed by atoms with Crippen molar-refractivity contribution in [2.24, 2.45) is 0 Å². The summed E-state index contributed by atoms with van der Waals surface area (Å²) in [4.78, 5) is 20.8. The molecule has 1 aromatic carbocycles. The molecule has 26 heavy (non-hydrogen) atoms. The third-order valence-electron chi connectivity index (χ3n) is 4.09. The van der Waals surface area contributed by atoms with Gasteiger partial charge in [-0.25, -0.2) is 4.79 Å². The number of nitrogens with zero attached hydrogens (tertiary/aromatic N) is 2. The van der Waals surface area contributed by atoms with Gasteiger partial charge in [-0.05, 0) is 42.7 Å². The van der Waals surface area contributed by atoms with Crippen LogP contribution in [0.3, 0.4) is 0 Å². The molecule has 0 radical (unpaired) electrons. The lowest BCUT2D eigenvalue weighted by Gasteiger charge is -2.19. The average molecular weight is 346 g/mol. The van der Waals surface area contributed by atoms with Crippen molar-refractivity contribution in [1.29, 1.82) is 0 Å². The van der Waals surface area contributed by atoms with Crippen LogP contribution in [0, 0.1) is 6.92 Å². The van der Waals surface area contributed by atoms with Crippen LogP contribution in [-0.2, 0) is 13.0 Å². The number of benzene rings is 1. The molecular formula is C21H22N4O. The Bertz CT molecular complexity index is 820. The van der Waals surface area contributed by atoms with Crippen molar-refractivity contribution < 1.29 is 4.79 Å². The molecule has 0 aliphatic rings. The molecule has 0 saturated heterocycles. The Balaban J connectivity index is 1.67. The number of aryl methyl sites for hydroxylation is 1. The summed E-state index contributed by atoms with van der Waals surface area (Å²) in [5.41, 5.74) is 4.16. The first-order valence-corrected chi connectivity index (χ1v) is 8.60. The standard InChI is InChI=1S/C21H22N4O/c1-16-7-9-17(10-8-16)13-20(19-6-2-3-12-23-19)25-21(26)24-15-18-5-4-11-22-14-18/h2-12,14,20H,13,15H2,1H3,(H2,24,25,26). The molecule has 0 spiro atoms. The van der Waals surface area contributed by atoms with Crippen molar-refractivity contribution >= 4 is 6.03 Å². The number of urea groups is 1. The quantitative estimate of drug-likeness (QED) is 0.717. The van der Waals surface area contributed by atoms with E-state index in [0.717, 1.165) is 16.8 Å². The second kappa shape index (κ2) is 8.76. The maximum atomic E-state index is 12.4. The van der Waals surface area contributed by atoms with Gasteiger partial charge >= 0.3 is 6.03 Å². The zero-order valence-corrected chi connectivity index (χ0v) is 14.7. The van der Waals surface area contributed by atoms with Gasteiger partial charge in [0.2, 0.25) is 0 Å². The van der Waals surface area contributed by atoms with E-state index in [1.807, 2.05) is 30.3 Å². The first kappa shape index (κ1) is 17.6. The minimum Gasteiger partial charge on any atom is -0.334 e. The molecule has 2 heterocycles. The molecule has 5 nitrogen and oxygen atoms in total. The molecule has 0 aliphatic heterocycles. The molecule has 1 atom stereocenters. The largest absolute Gasteiger partial charge is 0.334 e. The predicted molar refractivity (Wildman–Crippen MR) is 101 cm³/mol. The van der Waals surface area contributed by atoms with E-state index in [-0.39, 0.29) is 12.1 Å². The molecule has 0 fully saturated rings. The van der Waals surface area contributed by atoms with Crippen molar-refractivity contribution in [1.82, 2.24) is 20.6 Å². The fourth-order valence-corrected chi connectivity index (χ4v) is 2.67. The number of pyridine rings is 2. The van der Waals surface area contributed by atoms with Crippen LogP contribution in [0.2, 0.25) is 0 Å². The number of rotatable bonds is 6. The van der Waals surface area contributed by atoms with Crippen LogP contribution in [0.1, 0.15) is 28.4 Å². The number of amides is 2. The summed E-state index contributed by atoms with van der Waals surface area (Å²) in [6, 6.07) is 17.4. The molecule has 3 rings (SSSR count). The Hall–Kier alpha value is -3.21. The number of hydrogen-bond acceptors (Lipinski definition) is 3. The molecule has 2 N–H and O–H groups in total. The van der Waals surface area contributed by atoms with Crippen molar-refractivity contribution in [2.75, 3.05) is 0 Å². The van der Waals surface area contributed by atoms with Gasteiger partial charge < -0.3 is 10.6 Å². The van der Waals surface area contributed by atoms with Gasteiger partial charge in [0.1, 0.15) is 0 Å². The SMILES string of the molecule is Cc1ccc(CC(NC(=O)NCc2cccnc2)c2ccccn2)cc1. The van der Waals surface area contributed by atoms with Crippen molar-refractivity contribution in [3.63, 3.8) is 0 Å². The highest BCUT2D eigenvalue weighted by Gasteiger charge is 2.16. The van der Waals surface area contributed by atoms with Crippen molar-refractivity contribution in [3.8, 4) is 0 Å². The molecule has 2 aromatic heterocycles. The number of hydrogen-bond donors (Lipinski definition) is 2. The maximum absolute atomic E-state index is 12.4. The lowest BCUT2D eigenvalue weighted by molar-refractivity contribution is 0.236. The Kier molecular flexibility index (Phi) is 5.93. The lowest BCUT2D eigenvalue weighted by Crippen LogP contribution is -2.38. The molecule has 1 unspecified atom stereocenters. The van der Waals surface area contributed by atoms with Gasteiger partial charge in [0.25, 0.3) is 0 Å². The van der Waals surface area contributed by atoms with Crippen LogP contribution in [0.15, 0.2) is 73.2 Å². The van der Waals surface area contributed by atoms with Gasteiger partial charge in [0.05, 0.1) is 11.7 Å². The maximum Gasteiger partial charge on any atom is 0.315 e. The smallest absolute Gasteiger partial charge is 0.315 e. The van der Waals surface area contributed by atoms with E-state index in [2.05, 4.69) is 51.8 Å². The van der Waals surface area contributed by atoms with E-state index >= 15 is 0 Å². The lowest BCUT2D eigenvalue weighted by atomic mass is 10.0. The summed E-state index contributed by atoms with van der Waals surface area (Å²) in [6.45, 7) is 2.49. The zero-order valence-electron chi connectivity index (χ0n) is 14.7. The van der Waals surface area contributed by atoms with Crippen molar-refractivity contribution in [2.45, 2.75) is 25.9 Å². The van der Waals surface area contributed by atoms with Crippen LogP contribution in [0.4, 0.5) is 4.79 Å². The summed E-state index contributed by atoms with van der Waals surface area (Å²) in [6.07, 6.45) is 5.87. The van der Waals surface area contributed by atoms with Crippen LogP contribution >= 0.6 is 0 Å². The van der Waals surface area contributed by atoms with E-state index < -0.39 is 0 Å². The van der Waals surface area contributed by atoms with Gasteiger partial charge in [0, 0.05) is 25.1 Å². The van der Waals surface area contributed by atoms with Crippen LogP contribution in [0.25, 0.3) is 0 Å². The Labute approximate surface area is 153 Å². The highest BCUT2D eigenvalue weighted by atomic mass is 16.2. The molecular weight excluding hydrogens is 324 g/mol. The highest BCUT2D eigenvalue weighted by molar-refractivity contribution is 5.74. The van der Waals surface area contributed by atoms with E-state index in [1.165, 1.54) is 5.56 Å². The average Bonchev–Trinajstić information content (AvgIpc) is 2.69. The van der Waals surface area contributed by atoms with E-state index in [0.29, 0.717) is 13.0 Å². The Morgan fingerprint density at radius 1 is 1.00 bits per heavy atom. The molecule has 0 saturated carbocycles. The molecule has 5 heteroatoms. The second-order valence-corrected chi connectivity index (χ2v) is 6.19. The molecule has 3 aromatic rings. The summed E-state index contributed by atoms with van der Waals surface area (Å²) >= 11 is 0. The normalized spacial score (nSPS) is 11.6. The van der Waals surface area contributed by atoms with E-state index in [1.54, 1.807) is 18.6 Å². The molecule has 132 valence electrons. The number of aromatic nitrogens is 2. The van der Waals surface area contributed by atoms with Crippen molar-refractivity contribution in [3.05, 3.63) is 95.6 Å². The number of carbonyl (C=O) groups excluding carboxylic acids is 1. The van der Waals surface area contributed by atoms with Crippen LogP contribution in [-0.4, -0.2) is 16.0 Å². The summed E-state index contributed by atoms with van der Waals surface area (Å²) in [5.74, 6) is 0. The third-order valence-corrected chi connectivity index (χ3v) is 4.09. The van der Waals surface area contributed by atoms with Gasteiger partial charge in [-0.1, -0.05) is 42.0 Å². The first-order chi connectivity index (χ1) is 12.7.